The molecule has 0 radical (unpaired) electrons. The number of benzene rings is 1. The SMILES string of the molecule is CN(C)C(=O)N1CCSC1c1cccc(C(F)(F)F)c1. The van der Waals surface area contributed by atoms with Crippen LogP contribution in [0.4, 0.5) is 18.0 Å². The lowest BCUT2D eigenvalue weighted by molar-refractivity contribution is -0.137. The number of halogens is 3. The fourth-order valence-corrected chi connectivity index (χ4v) is 3.31. The molecule has 1 heterocycles. The number of hydrogen-bond acceptors (Lipinski definition) is 2. The number of thioether (sulfide) groups is 1. The molecule has 20 heavy (non-hydrogen) atoms. The van der Waals surface area contributed by atoms with Gasteiger partial charge in [-0.05, 0) is 17.7 Å². The third kappa shape index (κ3) is 3.03. The first-order chi connectivity index (χ1) is 9.30. The number of amides is 2. The van der Waals surface area contributed by atoms with E-state index in [1.54, 1.807) is 25.1 Å². The first-order valence-electron chi connectivity index (χ1n) is 6.07. The highest BCUT2D eigenvalue weighted by Crippen LogP contribution is 2.40. The maximum atomic E-state index is 12.7. The minimum absolute atomic E-state index is 0.183. The number of hydrogen-bond donors (Lipinski definition) is 0. The van der Waals surface area contributed by atoms with Crippen molar-refractivity contribution in [1.29, 1.82) is 0 Å². The smallest absolute Gasteiger partial charge is 0.331 e. The number of nitrogens with zero attached hydrogens (tertiary/aromatic N) is 2. The summed E-state index contributed by atoms with van der Waals surface area (Å²) in [6.45, 7) is 0.544. The van der Waals surface area contributed by atoms with Gasteiger partial charge in [-0.2, -0.15) is 13.2 Å². The number of rotatable bonds is 1. The molecule has 1 saturated heterocycles. The summed E-state index contributed by atoms with van der Waals surface area (Å²) < 4.78 is 38.2. The Morgan fingerprint density at radius 2 is 2.10 bits per heavy atom. The fraction of sp³-hybridized carbons (Fsp3) is 0.462. The summed E-state index contributed by atoms with van der Waals surface area (Å²) >= 11 is 1.48. The Hall–Kier alpha value is -1.37. The van der Waals surface area contributed by atoms with Crippen LogP contribution in [-0.4, -0.2) is 42.2 Å². The molecule has 0 aromatic heterocycles. The molecular formula is C13H15F3N2OS. The van der Waals surface area contributed by atoms with Crippen LogP contribution in [0.3, 0.4) is 0 Å². The van der Waals surface area contributed by atoms with Crippen molar-refractivity contribution in [3.05, 3.63) is 35.4 Å². The van der Waals surface area contributed by atoms with Crippen LogP contribution in [-0.2, 0) is 6.18 Å². The zero-order valence-electron chi connectivity index (χ0n) is 11.1. The molecule has 2 rings (SSSR count). The molecule has 0 bridgehead atoms. The molecule has 2 amide bonds. The molecule has 1 aliphatic heterocycles. The van der Waals surface area contributed by atoms with Gasteiger partial charge < -0.3 is 9.80 Å². The largest absolute Gasteiger partial charge is 0.416 e. The molecule has 1 aromatic rings. The summed E-state index contributed by atoms with van der Waals surface area (Å²) in [6, 6.07) is 5.00. The van der Waals surface area contributed by atoms with Crippen LogP contribution < -0.4 is 0 Å². The van der Waals surface area contributed by atoms with E-state index in [2.05, 4.69) is 0 Å². The van der Waals surface area contributed by atoms with Crippen LogP contribution in [0.1, 0.15) is 16.5 Å². The summed E-state index contributed by atoms with van der Waals surface area (Å²) in [4.78, 5) is 15.1. The Morgan fingerprint density at radius 1 is 1.40 bits per heavy atom. The summed E-state index contributed by atoms with van der Waals surface area (Å²) in [6.07, 6.45) is -4.37. The van der Waals surface area contributed by atoms with Gasteiger partial charge in [0.25, 0.3) is 0 Å². The van der Waals surface area contributed by atoms with Crippen LogP contribution in [0.5, 0.6) is 0 Å². The monoisotopic (exact) mass is 304 g/mol. The number of carbonyl (C=O) groups is 1. The van der Waals surface area contributed by atoms with Crippen molar-refractivity contribution in [2.24, 2.45) is 0 Å². The van der Waals surface area contributed by atoms with E-state index in [1.165, 1.54) is 22.7 Å². The van der Waals surface area contributed by atoms with E-state index in [-0.39, 0.29) is 11.4 Å². The lowest BCUT2D eigenvalue weighted by Crippen LogP contribution is -2.38. The predicted octanol–water partition coefficient (Wildman–Crippen LogP) is 3.43. The van der Waals surface area contributed by atoms with E-state index in [0.717, 1.165) is 17.9 Å². The third-order valence-electron chi connectivity index (χ3n) is 3.02. The van der Waals surface area contributed by atoms with Crippen LogP contribution in [0.15, 0.2) is 24.3 Å². The Balaban J connectivity index is 2.29. The average Bonchev–Trinajstić information content (AvgIpc) is 2.86. The lowest BCUT2D eigenvalue weighted by atomic mass is 10.1. The second-order valence-corrected chi connectivity index (χ2v) is 5.90. The van der Waals surface area contributed by atoms with Gasteiger partial charge in [0.2, 0.25) is 0 Å². The molecule has 1 fully saturated rings. The second-order valence-electron chi connectivity index (χ2n) is 4.72. The molecule has 1 aromatic carbocycles. The van der Waals surface area contributed by atoms with Crippen molar-refractivity contribution in [2.75, 3.05) is 26.4 Å². The first-order valence-corrected chi connectivity index (χ1v) is 7.12. The highest BCUT2D eigenvalue weighted by molar-refractivity contribution is 7.99. The topological polar surface area (TPSA) is 23.6 Å². The highest BCUT2D eigenvalue weighted by Gasteiger charge is 2.34. The molecule has 3 nitrogen and oxygen atoms in total. The van der Waals surface area contributed by atoms with E-state index in [4.69, 9.17) is 0 Å². The summed E-state index contributed by atoms with van der Waals surface area (Å²) in [5, 5.41) is -0.354. The van der Waals surface area contributed by atoms with Crippen molar-refractivity contribution in [1.82, 2.24) is 9.80 Å². The van der Waals surface area contributed by atoms with E-state index < -0.39 is 11.7 Å². The molecule has 1 unspecified atom stereocenters. The fourth-order valence-electron chi connectivity index (χ4n) is 2.07. The van der Waals surface area contributed by atoms with E-state index >= 15 is 0 Å². The van der Waals surface area contributed by atoms with Crippen molar-refractivity contribution in [2.45, 2.75) is 11.6 Å². The maximum Gasteiger partial charge on any atom is 0.416 e. The molecule has 7 heteroatoms. The van der Waals surface area contributed by atoms with Gasteiger partial charge in [-0.15, -0.1) is 11.8 Å². The number of urea groups is 1. The van der Waals surface area contributed by atoms with Gasteiger partial charge in [0, 0.05) is 26.4 Å². The van der Waals surface area contributed by atoms with Gasteiger partial charge >= 0.3 is 12.2 Å². The standard InChI is InChI=1S/C13H15F3N2OS/c1-17(2)12(19)18-6-7-20-11(18)9-4-3-5-10(8-9)13(14,15)16/h3-5,8,11H,6-7H2,1-2H3. The molecular weight excluding hydrogens is 289 g/mol. The molecule has 0 N–H and O–H groups in total. The van der Waals surface area contributed by atoms with Crippen LogP contribution >= 0.6 is 11.8 Å². The van der Waals surface area contributed by atoms with Gasteiger partial charge in [-0.1, -0.05) is 12.1 Å². The Labute approximate surface area is 119 Å². The number of carbonyl (C=O) groups excluding carboxylic acids is 1. The molecule has 110 valence electrons. The Morgan fingerprint density at radius 3 is 2.70 bits per heavy atom. The van der Waals surface area contributed by atoms with Crippen molar-refractivity contribution in [3.8, 4) is 0 Å². The molecule has 0 saturated carbocycles. The second kappa shape index (κ2) is 5.55. The highest BCUT2D eigenvalue weighted by atomic mass is 32.2. The van der Waals surface area contributed by atoms with Crippen molar-refractivity contribution in [3.63, 3.8) is 0 Å². The van der Waals surface area contributed by atoms with Crippen LogP contribution in [0.25, 0.3) is 0 Å². The molecule has 0 aliphatic carbocycles. The van der Waals surface area contributed by atoms with E-state index in [0.29, 0.717) is 12.1 Å². The van der Waals surface area contributed by atoms with Crippen LogP contribution in [0, 0.1) is 0 Å². The van der Waals surface area contributed by atoms with E-state index in [1.807, 2.05) is 0 Å². The van der Waals surface area contributed by atoms with Gasteiger partial charge in [-0.25, -0.2) is 4.79 Å². The summed E-state index contributed by atoms with van der Waals surface area (Å²) in [7, 11) is 3.27. The van der Waals surface area contributed by atoms with Crippen molar-refractivity contribution >= 4 is 17.8 Å². The maximum absolute atomic E-state index is 12.7. The summed E-state index contributed by atoms with van der Waals surface area (Å²) in [5.41, 5.74) is -0.169. The van der Waals surface area contributed by atoms with Gasteiger partial charge in [0.1, 0.15) is 5.37 Å². The molecule has 0 spiro atoms. The van der Waals surface area contributed by atoms with Crippen molar-refractivity contribution < 1.29 is 18.0 Å². The molecule has 1 atom stereocenters. The first kappa shape index (κ1) is 15.0. The minimum Gasteiger partial charge on any atom is -0.331 e. The van der Waals surface area contributed by atoms with Crippen LogP contribution in [0.2, 0.25) is 0 Å². The zero-order valence-corrected chi connectivity index (χ0v) is 12.0. The van der Waals surface area contributed by atoms with Gasteiger partial charge in [-0.3, -0.25) is 0 Å². The predicted molar refractivity (Wildman–Crippen MR) is 72.4 cm³/mol. The Kier molecular flexibility index (Phi) is 4.17. The normalized spacial score (nSPS) is 19.2. The average molecular weight is 304 g/mol. The minimum atomic E-state index is -4.37. The van der Waals surface area contributed by atoms with E-state index in [9.17, 15) is 18.0 Å². The Bertz CT molecular complexity index is 505. The van der Waals surface area contributed by atoms with Gasteiger partial charge in [0.05, 0.1) is 5.56 Å². The third-order valence-corrected chi connectivity index (χ3v) is 4.28. The quantitative estimate of drug-likeness (QED) is 0.793. The lowest BCUT2D eigenvalue weighted by Gasteiger charge is -2.27. The molecule has 1 aliphatic rings. The van der Waals surface area contributed by atoms with Gasteiger partial charge in [0.15, 0.2) is 0 Å². The zero-order chi connectivity index (χ0) is 14.9. The summed E-state index contributed by atoms with van der Waals surface area (Å²) in [5.74, 6) is 0.723. The number of alkyl halides is 3.